The van der Waals surface area contributed by atoms with Crippen LogP contribution < -0.4 is 0 Å². The summed E-state index contributed by atoms with van der Waals surface area (Å²) in [7, 11) is 0. The Morgan fingerprint density at radius 3 is 0.836 bits per heavy atom. The first-order chi connectivity index (χ1) is 35.4. The van der Waals surface area contributed by atoms with Gasteiger partial charge in [0.2, 0.25) is 0 Å². The quantitative estimate of drug-likeness (QED) is 0.0394. The molecular formula is C71H94Br2. The first kappa shape index (κ1) is 58.5. The zero-order valence-corrected chi connectivity index (χ0v) is 48.4. The number of hydrogen-bond acceptors (Lipinski definition) is 0. The fourth-order valence-electron chi connectivity index (χ4n) is 12.7. The van der Waals surface area contributed by atoms with E-state index in [-0.39, 0.29) is 18.3 Å². The van der Waals surface area contributed by atoms with E-state index in [1.807, 2.05) is 0 Å². The van der Waals surface area contributed by atoms with Gasteiger partial charge in [-0.15, -0.1) is 0 Å². The molecule has 2 aliphatic carbocycles. The molecule has 0 fully saturated rings. The Labute approximate surface area is 463 Å². The lowest BCUT2D eigenvalue weighted by Gasteiger charge is -2.33. The third-order valence-electron chi connectivity index (χ3n) is 16.7. The molecule has 0 bridgehead atoms. The summed E-state index contributed by atoms with van der Waals surface area (Å²) >= 11 is 7.57. The zero-order valence-electron chi connectivity index (χ0n) is 45.3. The molecule has 0 N–H and O–H groups in total. The molecule has 0 saturated heterocycles. The van der Waals surface area contributed by atoms with Crippen molar-refractivity contribution in [2.24, 2.45) is 0 Å². The van der Waals surface area contributed by atoms with E-state index in [4.69, 9.17) is 0 Å². The highest BCUT2D eigenvalue weighted by molar-refractivity contribution is 9.10. The summed E-state index contributed by atoms with van der Waals surface area (Å²) in [6, 6.07) is 50.7. The van der Waals surface area contributed by atoms with Crippen molar-refractivity contribution in [3.8, 4) is 44.5 Å². The van der Waals surface area contributed by atoms with E-state index >= 15 is 0 Å². The maximum absolute atomic E-state index is 3.79. The summed E-state index contributed by atoms with van der Waals surface area (Å²) in [5.74, 6) is 0. The van der Waals surface area contributed by atoms with Crippen molar-refractivity contribution < 1.29 is 0 Å². The van der Waals surface area contributed by atoms with E-state index in [0.29, 0.717) is 0 Å². The van der Waals surface area contributed by atoms with Crippen molar-refractivity contribution in [3.05, 3.63) is 165 Å². The SMILES string of the molecule is C.CCCCCCCCC1(CCCCCCCC)c2cc(-c3ccccc3)ccc2-c2ccc(-c3ccccc3)cc21.CCCCCCCCC1(CCCCCCCC)c2cc(Br)ccc2-c2ccc(Br)cc21. The summed E-state index contributed by atoms with van der Waals surface area (Å²) < 4.78 is 2.43. The van der Waals surface area contributed by atoms with Gasteiger partial charge in [0, 0.05) is 19.8 Å². The highest BCUT2D eigenvalue weighted by atomic mass is 79.9. The van der Waals surface area contributed by atoms with Gasteiger partial charge in [-0.05, 0) is 129 Å². The molecule has 0 aliphatic heterocycles. The van der Waals surface area contributed by atoms with Crippen molar-refractivity contribution in [1.29, 1.82) is 0 Å². The predicted octanol–water partition coefficient (Wildman–Crippen LogP) is 24.4. The van der Waals surface area contributed by atoms with Gasteiger partial charge in [0.25, 0.3) is 0 Å². The lowest BCUT2D eigenvalue weighted by atomic mass is 9.70. The fourth-order valence-corrected chi connectivity index (χ4v) is 13.4. The van der Waals surface area contributed by atoms with Crippen LogP contribution >= 0.6 is 31.9 Å². The summed E-state index contributed by atoms with van der Waals surface area (Å²) in [6.45, 7) is 9.24. The van der Waals surface area contributed by atoms with Crippen molar-refractivity contribution in [2.75, 3.05) is 0 Å². The number of hydrogen-bond donors (Lipinski definition) is 0. The zero-order chi connectivity index (χ0) is 50.4. The molecule has 0 nitrogen and oxygen atoms in total. The molecule has 0 amide bonds. The molecule has 0 heterocycles. The Morgan fingerprint density at radius 2 is 0.534 bits per heavy atom. The van der Waals surface area contributed by atoms with Gasteiger partial charge in [-0.1, -0.05) is 318 Å². The minimum absolute atomic E-state index is 0. The maximum atomic E-state index is 3.79. The van der Waals surface area contributed by atoms with E-state index in [2.05, 4.69) is 193 Å². The Kier molecular flexibility index (Phi) is 24.6. The first-order valence-electron chi connectivity index (χ1n) is 29.4. The summed E-state index contributed by atoms with van der Waals surface area (Å²) in [4.78, 5) is 0. The molecule has 0 unspecified atom stereocenters. The number of halogens is 2. The van der Waals surface area contributed by atoms with Crippen LogP contribution in [0.3, 0.4) is 0 Å². The van der Waals surface area contributed by atoms with Gasteiger partial charge in [0.05, 0.1) is 0 Å². The second-order valence-electron chi connectivity index (χ2n) is 21.9. The van der Waals surface area contributed by atoms with Crippen molar-refractivity contribution >= 4 is 31.9 Å². The van der Waals surface area contributed by atoms with Gasteiger partial charge in [-0.2, -0.15) is 0 Å². The molecule has 392 valence electrons. The summed E-state index contributed by atoms with van der Waals surface area (Å²) in [6.07, 6.45) is 37.6. The lowest BCUT2D eigenvalue weighted by molar-refractivity contribution is 0.397. The molecule has 0 saturated carbocycles. The normalized spacial score (nSPS) is 13.3. The molecule has 8 rings (SSSR count). The van der Waals surface area contributed by atoms with Crippen LogP contribution in [-0.4, -0.2) is 0 Å². The predicted molar refractivity (Wildman–Crippen MR) is 330 cm³/mol. The topological polar surface area (TPSA) is 0 Å². The third kappa shape index (κ3) is 15.2. The van der Waals surface area contributed by atoms with Crippen LogP contribution in [0.25, 0.3) is 44.5 Å². The second-order valence-corrected chi connectivity index (χ2v) is 23.7. The summed E-state index contributed by atoms with van der Waals surface area (Å²) in [5, 5.41) is 0. The molecule has 6 aromatic carbocycles. The van der Waals surface area contributed by atoms with E-state index in [9.17, 15) is 0 Å². The van der Waals surface area contributed by atoms with E-state index < -0.39 is 0 Å². The van der Waals surface area contributed by atoms with Crippen LogP contribution in [0, 0.1) is 0 Å². The van der Waals surface area contributed by atoms with Crippen molar-refractivity contribution in [2.45, 2.75) is 226 Å². The van der Waals surface area contributed by atoms with E-state index in [0.717, 1.165) is 0 Å². The Morgan fingerprint density at radius 1 is 0.274 bits per heavy atom. The number of benzene rings is 6. The second kappa shape index (κ2) is 30.7. The van der Waals surface area contributed by atoms with Crippen LogP contribution in [0.2, 0.25) is 0 Å². The average molecular weight is 1110 g/mol. The fraction of sp³-hybridized carbons (Fsp3) is 0.493. The van der Waals surface area contributed by atoms with Gasteiger partial charge in [0.1, 0.15) is 0 Å². The number of rotatable bonds is 30. The van der Waals surface area contributed by atoms with E-state index in [1.165, 1.54) is 233 Å². The highest BCUT2D eigenvalue weighted by Gasteiger charge is 2.44. The average Bonchev–Trinajstić information content (AvgIpc) is 3.83. The number of fused-ring (bicyclic) bond motifs is 6. The van der Waals surface area contributed by atoms with Gasteiger partial charge < -0.3 is 0 Å². The molecule has 2 aliphatic rings. The van der Waals surface area contributed by atoms with Crippen molar-refractivity contribution in [3.63, 3.8) is 0 Å². The molecule has 0 radical (unpaired) electrons. The Hall–Kier alpha value is -3.72. The number of unbranched alkanes of at least 4 members (excludes halogenated alkanes) is 20. The lowest BCUT2D eigenvalue weighted by Crippen LogP contribution is -2.25. The largest absolute Gasteiger partial charge is 0.0776 e. The van der Waals surface area contributed by atoms with Gasteiger partial charge in [-0.25, -0.2) is 0 Å². The van der Waals surface area contributed by atoms with Crippen LogP contribution in [0.15, 0.2) is 142 Å². The van der Waals surface area contributed by atoms with Gasteiger partial charge in [0.15, 0.2) is 0 Å². The highest BCUT2D eigenvalue weighted by Crippen LogP contribution is 2.57. The van der Waals surface area contributed by atoms with Crippen LogP contribution in [0.5, 0.6) is 0 Å². The molecule has 2 heteroatoms. The summed E-state index contributed by atoms with van der Waals surface area (Å²) in [5.41, 5.74) is 17.8. The maximum Gasteiger partial charge on any atom is 0.0216 e. The van der Waals surface area contributed by atoms with Crippen LogP contribution in [0.4, 0.5) is 0 Å². The van der Waals surface area contributed by atoms with E-state index in [1.54, 1.807) is 22.3 Å². The Bertz CT molecular complexity index is 2340. The van der Waals surface area contributed by atoms with Crippen LogP contribution in [-0.2, 0) is 10.8 Å². The monoisotopic (exact) mass is 1100 g/mol. The Balaban J connectivity index is 0.000000244. The molecular weight excluding hydrogens is 1010 g/mol. The molecule has 0 atom stereocenters. The van der Waals surface area contributed by atoms with Crippen LogP contribution in [0.1, 0.15) is 237 Å². The molecule has 0 spiro atoms. The van der Waals surface area contributed by atoms with Gasteiger partial charge in [-0.3, -0.25) is 0 Å². The molecule has 73 heavy (non-hydrogen) atoms. The first-order valence-corrected chi connectivity index (χ1v) is 31.0. The smallest absolute Gasteiger partial charge is 0.0216 e. The third-order valence-corrected chi connectivity index (χ3v) is 17.7. The minimum atomic E-state index is 0. The van der Waals surface area contributed by atoms with Crippen molar-refractivity contribution in [1.82, 2.24) is 0 Å². The molecule has 6 aromatic rings. The van der Waals surface area contributed by atoms with Gasteiger partial charge >= 0.3 is 0 Å². The molecule has 0 aromatic heterocycles. The standard InChI is InChI=1S/C41H50.C29H40Br2.CH4/c1-3-5-7-9-11-19-29-41(30-20-12-10-8-6-4-2)39-31-35(33-21-15-13-16-22-33)25-27-37(39)38-28-26-36(32-40(38)41)34-23-17-14-18-24-34;1-3-5-7-9-11-13-19-29(20-14-12-10-8-6-4-2)27-21-23(30)15-17-25(27)26-18-16-24(31)22-28(26)29;/h13-18,21-28,31-32H,3-12,19-20,29-30H2,1-2H3;15-18,21-22H,3-14,19-20H2,1-2H3;1H4. The minimum Gasteiger partial charge on any atom is -0.0776 e.